The lowest BCUT2D eigenvalue weighted by Gasteiger charge is -2.35. The summed E-state index contributed by atoms with van der Waals surface area (Å²) in [6, 6.07) is 0. The lowest BCUT2D eigenvalue weighted by molar-refractivity contribution is 0.0608. The maximum absolute atomic E-state index is 12.6. The van der Waals surface area contributed by atoms with Crippen molar-refractivity contribution in [1.82, 2.24) is 0 Å². The Morgan fingerprint density at radius 1 is 1.18 bits per heavy atom. The fourth-order valence-corrected chi connectivity index (χ4v) is 5.51. The molecule has 4 nitrogen and oxygen atoms in total. The molecule has 132 valence electrons. The highest BCUT2D eigenvalue weighted by molar-refractivity contribution is 9.12. The molecular formula is C12H20Br2Cl3O4P. The highest BCUT2D eigenvalue weighted by Gasteiger charge is 2.38. The molecule has 1 rings (SSSR count). The average molecular weight is 525 g/mol. The van der Waals surface area contributed by atoms with Gasteiger partial charge in [0.1, 0.15) is 0 Å². The largest absolute Gasteiger partial charge is 0.475 e. The summed E-state index contributed by atoms with van der Waals surface area (Å²) in [6.07, 6.45) is 2.04. The van der Waals surface area contributed by atoms with Gasteiger partial charge < -0.3 is 0 Å². The molecule has 0 bridgehead atoms. The Bertz CT molecular complexity index is 355. The van der Waals surface area contributed by atoms with Crippen molar-refractivity contribution in [3.05, 3.63) is 0 Å². The summed E-state index contributed by atoms with van der Waals surface area (Å²) < 4.78 is 28.5. The van der Waals surface area contributed by atoms with Crippen LogP contribution in [0, 0.1) is 5.92 Å². The normalized spacial score (nSPS) is 27.8. The van der Waals surface area contributed by atoms with Gasteiger partial charge >= 0.3 is 7.82 Å². The average Bonchev–Trinajstić information content (AvgIpc) is 2.52. The first-order chi connectivity index (χ1) is 10.5. The minimum absolute atomic E-state index is 0.0798. The van der Waals surface area contributed by atoms with Crippen LogP contribution in [0.3, 0.4) is 0 Å². The van der Waals surface area contributed by atoms with Gasteiger partial charge in [-0.25, -0.2) is 4.57 Å². The third kappa shape index (κ3) is 7.45. The van der Waals surface area contributed by atoms with Crippen LogP contribution in [0.5, 0.6) is 0 Å². The number of rotatable bonds is 10. The molecule has 0 heterocycles. The van der Waals surface area contributed by atoms with Crippen LogP contribution in [0.2, 0.25) is 0 Å². The molecule has 4 atom stereocenters. The summed E-state index contributed by atoms with van der Waals surface area (Å²) in [5.41, 5.74) is 0. The Hall–Kier alpha value is 1.94. The monoisotopic (exact) mass is 522 g/mol. The highest BCUT2D eigenvalue weighted by atomic mass is 79.9. The van der Waals surface area contributed by atoms with E-state index >= 15 is 0 Å². The molecule has 0 amide bonds. The summed E-state index contributed by atoms with van der Waals surface area (Å²) in [7, 11) is -3.68. The van der Waals surface area contributed by atoms with E-state index < -0.39 is 7.82 Å². The molecule has 0 aliphatic heterocycles. The second kappa shape index (κ2) is 11.5. The van der Waals surface area contributed by atoms with E-state index in [4.69, 9.17) is 48.4 Å². The lowest BCUT2D eigenvalue weighted by Crippen LogP contribution is -2.35. The Morgan fingerprint density at radius 3 is 2.23 bits per heavy atom. The Labute approximate surface area is 163 Å². The Balaban J connectivity index is 2.60. The van der Waals surface area contributed by atoms with Crippen LogP contribution in [0.25, 0.3) is 0 Å². The van der Waals surface area contributed by atoms with E-state index in [1.54, 1.807) is 0 Å². The first kappa shape index (κ1) is 22.0. The first-order valence-electron chi connectivity index (χ1n) is 6.99. The van der Waals surface area contributed by atoms with Gasteiger partial charge in [-0.05, 0) is 25.2 Å². The molecule has 1 aliphatic rings. The molecule has 0 aromatic rings. The SMILES string of the molecule is O=P(OCCCl)(OCCCl)OC1CCC(C(Br)CBr)CC1Cl. The highest BCUT2D eigenvalue weighted by Crippen LogP contribution is 2.53. The van der Waals surface area contributed by atoms with Crippen LogP contribution in [0.1, 0.15) is 19.3 Å². The van der Waals surface area contributed by atoms with Crippen molar-refractivity contribution in [3.63, 3.8) is 0 Å². The first-order valence-corrected chi connectivity index (χ1v) is 12.0. The van der Waals surface area contributed by atoms with E-state index in [-0.39, 0.29) is 36.5 Å². The molecule has 1 saturated carbocycles. The van der Waals surface area contributed by atoms with Crippen molar-refractivity contribution in [2.45, 2.75) is 35.6 Å². The molecule has 1 fully saturated rings. The second-order valence-corrected chi connectivity index (χ2v) is 9.66. The van der Waals surface area contributed by atoms with Crippen molar-refractivity contribution in [2.24, 2.45) is 5.92 Å². The third-order valence-corrected chi connectivity index (χ3v) is 8.26. The fourth-order valence-electron chi connectivity index (χ4n) is 2.25. The van der Waals surface area contributed by atoms with Crippen LogP contribution < -0.4 is 0 Å². The smallest absolute Gasteiger partial charge is 0.286 e. The van der Waals surface area contributed by atoms with E-state index in [9.17, 15) is 4.57 Å². The molecule has 0 saturated heterocycles. The van der Waals surface area contributed by atoms with Gasteiger partial charge in [0.2, 0.25) is 0 Å². The summed E-state index contributed by atoms with van der Waals surface area (Å²) >= 11 is 24.6. The second-order valence-electron chi connectivity index (χ2n) is 4.89. The Kier molecular flexibility index (Phi) is 11.5. The molecule has 0 aromatic carbocycles. The fraction of sp³-hybridized carbons (Fsp3) is 1.00. The molecule has 0 N–H and O–H groups in total. The molecule has 0 spiro atoms. The number of alkyl halides is 5. The zero-order valence-electron chi connectivity index (χ0n) is 11.9. The van der Waals surface area contributed by atoms with Crippen molar-refractivity contribution < 1.29 is 18.1 Å². The van der Waals surface area contributed by atoms with Crippen LogP contribution in [-0.2, 0) is 18.1 Å². The predicted molar refractivity (Wildman–Crippen MR) is 99.3 cm³/mol. The zero-order chi connectivity index (χ0) is 16.6. The van der Waals surface area contributed by atoms with Crippen LogP contribution in [0.4, 0.5) is 0 Å². The van der Waals surface area contributed by atoms with E-state index in [2.05, 4.69) is 31.9 Å². The van der Waals surface area contributed by atoms with Crippen molar-refractivity contribution in [1.29, 1.82) is 0 Å². The summed E-state index contributed by atoms with van der Waals surface area (Å²) in [5, 5.41) is 0.619. The number of halogens is 5. The van der Waals surface area contributed by atoms with Crippen molar-refractivity contribution in [2.75, 3.05) is 30.3 Å². The molecule has 4 unspecified atom stereocenters. The Morgan fingerprint density at radius 2 is 1.77 bits per heavy atom. The van der Waals surface area contributed by atoms with Gasteiger partial charge in [0, 0.05) is 21.9 Å². The summed E-state index contributed by atoms with van der Waals surface area (Å²) in [4.78, 5) is 0.363. The minimum atomic E-state index is -3.68. The quantitative estimate of drug-likeness (QED) is 0.277. The third-order valence-electron chi connectivity index (χ3n) is 3.33. The number of hydrogen-bond acceptors (Lipinski definition) is 4. The predicted octanol–water partition coefficient (Wildman–Crippen LogP) is 5.56. The maximum Gasteiger partial charge on any atom is 0.475 e. The van der Waals surface area contributed by atoms with Crippen molar-refractivity contribution in [3.8, 4) is 0 Å². The van der Waals surface area contributed by atoms with Gasteiger partial charge in [-0.2, -0.15) is 0 Å². The van der Waals surface area contributed by atoms with Gasteiger partial charge in [-0.15, -0.1) is 34.8 Å². The topological polar surface area (TPSA) is 44.8 Å². The van der Waals surface area contributed by atoms with Crippen LogP contribution in [-0.4, -0.2) is 46.6 Å². The van der Waals surface area contributed by atoms with Gasteiger partial charge in [-0.1, -0.05) is 31.9 Å². The molecule has 0 aromatic heterocycles. The van der Waals surface area contributed by atoms with E-state index in [1.807, 2.05) is 0 Å². The number of phosphoric acid groups is 1. The van der Waals surface area contributed by atoms with Gasteiger partial charge in [0.15, 0.2) is 0 Å². The van der Waals surface area contributed by atoms with E-state index in [0.29, 0.717) is 17.2 Å². The maximum atomic E-state index is 12.6. The molecule has 22 heavy (non-hydrogen) atoms. The van der Waals surface area contributed by atoms with Gasteiger partial charge in [0.25, 0.3) is 0 Å². The van der Waals surface area contributed by atoms with Gasteiger partial charge in [-0.3, -0.25) is 13.6 Å². The number of phosphoric ester groups is 1. The number of hydrogen-bond donors (Lipinski definition) is 0. The van der Waals surface area contributed by atoms with Crippen molar-refractivity contribution >= 4 is 74.5 Å². The molecule has 10 heteroatoms. The standard InChI is InChI=1S/C12H20Br2Cl3O4P/c13-8-10(14)9-1-2-12(11(17)7-9)21-22(18,19-5-3-15)20-6-4-16/h9-12H,1-8H2. The lowest BCUT2D eigenvalue weighted by atomic mass is 9.85. The minimum Gasteiger partial charge on any atom is -0.286 e. The summed E-state index contributed by atoms with van der Waals surface area (Å²) in [6.45, 7) is 0.160. The molecule has 0 radical (unpaired) electrons. The van der Waals surface area contributed by atoms with Gasteiger partial charge in [0.05, 0.1) is 24.7 Å². The van der Waals surface area contributed by atoms with Crippen LogP contribution >= 0.6 is 74.5 Å². The van der Waals surface area contributed by atoms with E-state index in [0.717, 1.165) is 18.2 Å². The van der Waals surface area contributed by atoms with E-state index in [1.165, 1.54) is 0 Å². The van der Waals surface area contributed by atoms with Crippen LogP contribution in [0.15, 0.2) is 0 Å². The zero-order valence-corrected chi connectivity index (χ0v) is 18.3. The summed E-state index contributed by atoms with van der Waals surface area (Å²) in [5.74, 6) is 0.852. The molecular weight excluding hydrogens is 505 g/mol. The molecule has 1 aliphatic carbocycles.